The first-order valence-corrected chi connectivity index (χ1v) is 10.5. The van der Waals surface area contributed by atoms with E-state index in [9.17, 15) is 15.4 Å². The summed E-state index contributed by atoms with van der Waals surface area (Å²) in [6, 6.07) is 4.87. The van der Waals surface area contributed by atoms with Crippen molar-refractivity contribution in [1.29, 1.82) is 0 Å². The van der Waals surface area contributed by atoms with Crippen LogP contribution in [0.3, 0.4) is 0 Å². The fraction of sp³-hybridized carbons (Fsp3) is 0.682. The molecule has 0 spiro atoms. The third-order valence-electron chi connectivity index (χ3n) is 4.77. The average Bonchev–Trinajstić information content (AvgIpc) is 2.67. The van der Waals surface area contributed by atoms with Crippen LogP contribution in [-0.2, 0) is 0 Å². The third kappa shape index (κ3) is 9.14. The number of nitrogens with zero attached hydrogens (tertiary/aromatic N) is 1. The Hall–Kier alpha value is -1.75. The summed E-state index contributed by atoms with van der Waals surface area (Å²) in [6.45, 7) is 4.88. The summed E-state index contributed by atoms with van der Waals surface area (Å²) in [7, 11) is 0. The molecule has 0 aliphatic heterocycles. The van der Waals surface area contributed by atoms with Crippen molar-refractivity contribution in [2.75, 3.05) is 6.61 Å². The SMILES string of the molecule is CCCCCCCCCCOc1ccc(/C(=N\O)C(O)CCCC)c(O)c1. The van der Waals surface area contributed by atoms with Gasteiger partial charge in [0, 0.05) is 11.6 Å². The van der Waals surface area contributed by atoms with Crippen LogP contribution >= 0.6 is 0 Å². The summed E-state index contributed by atoms with van der Waals surface area (Å²) >= 11 is 0. The Morgan fingerprint density at radius 1 is 0.963 bits per heavy atom. The quantitative estimate of drug-likeness (QED) is 0.159. The van der Waals surface area contributed by atoms with Gasteiger partial charge < -0.3 is 20.2 Å². The number of unbranched alkanes of at least 4 members (excludes halogenated alkanes) is 8. The summed E-state index contributed by atoms with van der Waals surface area (Å²) in [5.74, 6) is 0.534. The molecule has 0 aromatic heterocycles. The number of rotatable bonds is 15. The smallest absolute Gasteiger partial charge is 0.128 e. The Kier molecular flexibility index (Phi) is 12.4. The molecule has 0 heterocycles. The zero-order valence-corrected chi connectivity index (χ0v) is 17.0. The van der Waals surface area contributed by atoms with E-state index in [2.05, 4.69) is 12.1 Å². The number of benzene rings is 1. The van der Waals surface area contributed by atoms with Crippen LogP contribution in [0.4, 0.5) is 0 Å². The molecule has 27 heavy (non-hydrogen) atoms. The number of oxime groups is 1. The molecule has 0 saturated carbocycles. The highest BCUT2D eigenvalue weighted by Crippen LogP contribution is 2.26. The second-order valence-corrected chi connectivity index (χ2v) is 7.15. The van der Waals surface area contributed by atoms with E-state index in [1.165, 1.54) is 44.6 Å². The van der Waals surface area contributed by atoms with Crippen LogP contribution in [0.25, 0.3) is 0 Å². The number of aliphatic hydroxyl groups excluding tert-OH is 1. The van der Waals surface area contributed by atoms with Crippen molar-refractivity contribution in [2.45, 2.75) is 90.6 Å². The van der Waals surface area contributed by atoms with Crippen LogP contribution in [0.2, 0.25) is 0 Å². The van der Waals surface area contributed by atoms with Gasteiger partial charge in [0.25, 0.3) is 0 Å². The number of aromatic hydroxyl groups is 1. The van der Waals surface area contributed by atoms with Crippen molar-refractivity contribution in [1.82, 2.24) is 0 Å². The molecule has 1 unspecified atom stereocenters. The topological polar surface area (TPSA) is 82.3 Å². The lowest BCUT2D eigenvalue weighted by molar-refractivity contribution is 0.217. The molecule has 1 aromatic carbocycles. The van der Waals surface area contributed by atoms with Crippen molar-refractivity contribution in [3.63, 3.8) is 0 Å². The van der Waals surface area contributed by atoms with Gasteiger partial charge in [-0.3, -0.25) is 0 Å². The molecule has 5 heteroatoms. The lowest BCUT2D eigenvalue weighted by Crippen LogP contribution is -2.21. The van der Waals surface area contributed by atoms with E-state index >= 15 is 0 Å². The van der Waals surface area contributed by atoms with Gasteiger partial charge in [0.2, 0.25) is 0 Å². The zero-order chi connectivity index (χ0) is 19.9. The maximum absolute atomic E-state index is 10.2. The number of hydrogen-bond acceptors (Lipinski definition) is 5. The lowest BCUT2D eigenvalue weighted by Gasteiger charge is -2.14. The van der Waals surface area contributed by atoms with Crippen molar-refractivity contribution >= 4 is 5.71 Å². The van der Waals surface area contributed by atoms with Crippen molar-refractivity contribution in [2.24, 2.45) is 5.16 Å². The standard InChI is InChI=1S/C22H37NO4/c1-3-5-7-8-9-10-11-12-16-27-18-14-15-19(21(25)17-18)22(23-26)20(24)13-6-4-2/h14-15,17,20,24-26H,3-13,16H2,1-2H3/b23-22+. The largest absolute Gasteiger partial charge is 0.507 e. The Morgan fingerprint density at radius 2 is 1.59 bits per heavy atom. The first kappa shape index (κ1) is 23.3. The van der Waals surface area contributed by atoms with Crippen molar-refractivity contribution in [3.8, 4) is 11.5 Å². The van der Waals surface area contributed by atoms with E-state index in [-0.39, 0.29) is 11.5 Å². The minimum absolute atomic E-state index is 0.0493. The highest BCUT2D eigenvalue weighted by molar-refractivity contribution is 6.05. The van der Waals surface area contributed by atoms with Crippen LogP contribution in [-0.4, -0.2) is 33.8 Å². The minimum atomic E-state index is -0.898. The van der Waals surface area contributed by atoms with E-state index in [0.717, 1.165) is 25.7 Å². The molecular weight excluding hydrogens is 342 g/mol. The summed E-state index contributed by atoms with van der Waals surface area (Å²) in [5.41, 5.74) is 0.427. The van der Waals surface area contributed by atoms with Gasteiger partial charge in [-0.15, -0.1) is 0 Å². The van der Waals surface area contributed by atoms with Crippen molar-refractivity contribution in [3.05, 3.63) is 23.8 Å². The van der Waals surface area contributed by atoms with Gasteiger partial charge in [-0.25, -0.2) is 0 Å². The van der Waals surface area contributed by atoms with Crippen LogP contribution in [0, 0.1) is 0 Å². The van der Waals surface area contributed by atoms with E-state index in [1.54, 1.807) is 12.1 Å². The zero-order valence-electron chi connectivity index (χ0n) is 17.0. The molecule has 1 aromatic rings. The van der Waals surface area contributed by atoms with Gasteiger partial charge in [-0.2, -0.15) is 0 Å². The average molecular weight is 380 g/mol. The Morgan fingerprint density at radius 3 is 2.19 bits per heavy atom. The van der Waals surface area contributed by atoms with Gasteiger partial charge in [0.15, 0.2) is 0 Å². The molecule has 3 N–H and O–H groups in total. The van der Waals surface area contributed by atoms with E-state index in [4.69, 9.17) is 4.74 Å². The lowest BCUT2D eigenvalue weighted by atomic mass is 10.00. The van der Waals surface area contributed by atoms with E-state index in [1.807, 2.05) is 6.92 Å². The van der Waals surface area contributed by atoms with Gasteiger partial charge in [-0.05, 0) is 25.0 Å². The van der Waals surface area contributed by atoms with Gasteiger partial charge in [0.05, 0.1) is 6.61 Å². The van der Waals surface area contributed by atoms with Crippen LogP contribution in [0.15, 0.2) is 23.4 Å². The molecule has 154 valence electrons. The Labute approximate surface area is 164 Å². The summed E-state index contributed by atoms with van der Waals surface area (Å²) in [6.07, 6.45) is 11.3. The number of aliphatic hydroxyl groups is 1. The first-order valence-electron chi connectivity index (χ1n) is 10.5. The fourth-order valence-electron chi connectivity index (χ4n) is 3.08. The molecule has 5 nitrogen and oxygen atoms in total. The van der Waals surface area contributed by atoms with Crippen LogP contribution < -0.4 is 4.74 Å². The predicted octanol–water partition coefficient (Wildman–Crippen LogP) is 5.64. The molecule has 0 bridgehead atoms. The molecule has 0 aliphatic rings. The molecule has 0 amide bonds. The molecule has 0 fully saturated rings. The molecule has 0 radical (unpaired) electrons. The van der Waals surface area contributed by atoms with E-state index in [0.29, 0.717) is 24.3 Å². The molecule has 0 aliphatic carbocycles. The second-order valence-electron chi connectivity index (χ2n) is 7.15. The Bertz CT molecular complexity index is 545. The molecular formula is C22H37NO4. The second kappa shape index (κ2) is 14.3. The van der Waals surface area contributed by atoms with Gasteiger partial charge >= 0.3 is 0 Å². The number of phenolic OH excluding ortho intramolecular Hbond substituents is 1. The van der Waals surface area contributed by atoms with Gasteiger partial charge in [0.1, 0.15) is 23.3 Å². The predicted molar refractivity (Wildman–Crippen MR) is 110 cm³/mol. The monoisotopic (exact) mass is 379 g/mol. The maximum atomic E-state index is 10.2. The minimum Gasteiger partial charge on any atom is -0.507 e. The molecule has 1 rings (SSSR count). The van der Waals surface area contributed by atoms with Crippen LogP contribution in [0.5, 0.6) is 11.5 Å². The normalized spacial score (nSPS) is 12.9. The Balaban J connectivity index is 2.40. The fourth-order valence-corrected chi connectivity index (χ4v) is 3.08. The molecule has 1 atom stereocenters. The van der Waals surface area contributed by atoms with Crippen molar-refractivity contribution < 1.29 is 20.2 Å². The maximum Gasteiger partial charge on any atom is 0.128 e. The number of hydrogen-bond donors (Lipinski definition) is 3. The third-order valence-corrected chi connectivity index (χ3v) is 4.77. The number of phenols is 1. The highest BCUT2D eigenvalue weighted by atomic mass is 16.5. The van der Waals surface area contributed by atoms with Crippen LogP contribution in [0.1, 0.15) is 90.0 Å². The molecule has 0 saturated heterocycles. The van der Waals surface area contributed by atoms with E-state index < -0.39 is 6.10 Å². The van der Waals surface area contributed by atoms with Gasteiger partial charge in [-0.1, -0.05) is 76.8 Å². The first-order chi connectivity index (χ1) is 13.1. The summed E-state index contributed by atoms with van der Waals surface area (Å²) < 4.78 is 5.70. The summed E-state index contributed by atoms with van der Waals surface area (Å²) in [4.78, 5) is 0. The highest BCUT2D eigenvalue weighted by Gasteiger charge is 2.19. The summed E-state index contributed by atoms with van der Waals surface area (Å²) in [5, 5.41) is 32.8. The number of ether oxygens (including phenoxy) is 1.